The molecular weight excluding hydrogens is 396 g/mol. The third-order valence-corrected chi connectivity index (χ3v) is 5.56. The molecule has 1 aromatic heterocycles. The van der Waals surface area contributed by atoms with Gasteiger partial charge in [0.1, 0.15) is 11.4 Å². The van der Waals surface area contributed by atoms with Crippen LogP contribution in [-0.4, -0.2) is 12.5 Å². The van der Waals surface area contributed by atoms with E-state index in [1.54, 1.807) is 11.3 Å². The molecule has 0 saturated heterocycles. The van der Waals surface area contributed by atoms with E-state index in [-0.39, 0.29) is 0 Å². The van der Waals surface area contributed by atoms with Crippen LogP contribution in [0.25, 0.3) is 0 Å². The van der Waals surface area contributed by atoms with Gasteiger partial charge in [0.05, 0.1) is 12.2 Å². The molecular formula is C23H28N4O2S. The van der Waals surface area contributed by atoms with Crippen LogP contribution in [0.3, 0.4) is 0 Å². The number of anilines is 1. The molecule has 0 radical (unpaired) electrons. The maximum absolute atomic E-state index is 8.89. The van der Waals surface area contributed by atoms with E-state index >= 15 is 0 Å². The highest BCUT2D eigenvalue weighted by molar-refractivity contribution is 7.12. The van der Waals surface area contributed by atoms with Crippen LogP contribution >= 0.6 is 11.3 Å². The Labute approximate surface area is 182 Å². The molecule has 0 unspecified atom stereocenters. The predicted octanol–water partition coefficient (Wildman–Crippen LogP) is 4.39. The molecule has 7 heteroatoms. The normalized spacial score (nSPS) is 10.6. The standard InChI is InChI=1S/C21H25N4S.C2H4O2/c1-5-25(14-18-9-7-6-8-10-18)19-11-12-20(16(2)13-19)22-23-21-24(4)17(3)15-26-21;1-2(3)4/h6-13,15H,5,14H2,1-4H3;1H3,(H,3,4)/q+1;/p-1. The molecule has 0 amide bonds. The summed E-state index contributed by atoms with van der Waals surface area (Å²) < 4.78 is 2.05. The fraction of sp³-hybridized carbons (Fsp3) is 0.304. The summed E-state index contributed by atoms with van der Waals surface area (Å²) >= 11 is 1.61. The Balaban J connectivity index is 0.000000735. The van der Waals surface area contributed by atoms with Crippen molar-refractivity contribution in [3.63, 3.8) is 0 Å². The fourth-order valence-electron chi connectivity index (χ4n) is 2.77. The van der Waals surface area contributed by atoms with Crippen LogP contribution in [0, 0.1) is 13.8 Å². The molecule has 0 N–H and O–H groups in total. The second kappa shape index (κ2) is 11.2. The number of carbonyl (C=O) groups is 1. The van der Waals surface area contributed by atoms with Gasteiger partial charge in [-0.25, -0.2) is 4.57 Å². The molecule has 3 aromatic rings. The van der Waals surface area contributed by atoms with Gasteiger partial charge in [0.2, 0.25) is 0 Å². The minimum Gasteiger partial charge on any atom is -0.550 e. The van der Waals surface area contributed by atoms with Crippen molar-refractivity contribution in [2.45, 2.75) is 34.2 Å². The first-order chi connectivity index (χ1) is 14.3. The van der Waals surface area contributed by atoms with E-state index in [9.17, 15) is 0 Å². The second-order valence-electron chi connectivity index (χ2n) is 6.88. The minimum atomic E-state index is -1.08. The highest BCUT2D eigenvalue weighted by Crippen LogP contribution is 2.28. The summed E-state index contributed by atoms with van der Waals surface area (Å²) in [7, 11) is 2.01. The first kappa shape index (κ1) is 23.2. The van der Waals surface area contributed by atoms with Crippen LogP contribution in [0.2, 0.25) is 0 Å². The van der Waals surface area contributed by atoms with E-state index in [1.165, 1.54) is 16.9 Å². The van der Waals surface area contributed by atoms with Crippen molar-refractivity contribution in [1.82, 2.24) is 0 Å². The van der Waals surface area contributed by atoms with Crippen LogP contribution < -0.4 is 14.6 Å². The molecule has 6 nitrogen and oxygen atoms in total. The Kier molecular flexibility index (Phi) is 8.68. The Morgan fingerprint density at radius 2 is 1.80 bits per heavy atom. The van der Waals surface area contributed by atoms with Gasteiger partial charge in [-0.2, -0.15) is 0 Å². The van der Waals surface area contributed by atoms with Crippen molar-refractivity contribution >= 4 is 33.8 Å². The SMILES string of the molecule is CC(=O)[O-].CCN(Cc1ccccc1)c1ccc(N=Nc2scc(C)[n+]2C)c(C)c1. The molecule has 0 fully saturated rings. The van der Waals surface area contributed by atoms with Crippen LogP contribution in [0.4, 0.5) is 16.5 Å². The molecule has 0 bridgehead atoms. The van der Waals surface area contributed by atoms with Crippen molar-refractivity contribution in [2.24, 2.45) is 17.3 Å². The number of carboxylic acid groups (broad SMARTS) is 1. The molecule has 30 heavy (non-hydrogen) atoms. The van der Waals surface area contributed by atoms with Crippen molar-refractivity contribution in [3.8, 4) is 0 Å². The van der Waals surface area contributed by atoms with E-state index in [1.807, 2.05) is 7.05 Å². The van der Waals surface area contributed by atoms with Crippen LogP contribution in [0.5, 0.6) is 0 Å². The van der Waals surface area contributed by atoms with Gasteiger partial charge in [-0.05, 0) is 73.5 Å². The van der Waals surface area contributed by atoms with Gasteiger partial charge < -0.3 is 14.8 Å². The number of thiazole rings is 1. The lowest BCUT2D eigenvalue weighted by molar-refractivity contribution is -0.660. The zero-order valence-electron chi connectivity index (χ0n) is 18.1. The zero-order valence-corrected chi connectivity index (χ0v) is 18.9. The number of aromatic nitrogens is 1. The Morgan fingerprint density at radius 3 is 2.33 bits per heavy atom. The zero-order chi connectivity index (χ0) is 22.1. The van der Waals surface area contributed by atoms with Crippen molar-refractivity contribution in [3.05, 3.63) is 70.7 Å². The average Bonchev–Trinajstić information content (AvgIpc) is 3.03. The second-order valence-corrected chi connectivity index (χ2v) is 7.72. The number of azo groups is 1. The van der Waals surface area contributed by atoms with Crippen LogP contribution in [0.15, 0.2) is 64.1 Å². The molecule has 0 aliphatic heterocycles. The number of hydrogen-bond acceptors (Lipinski definition) is 6. The molecule has 0 aliphatic carbocycles. The van der Waals surface area contributed by atoms with Gasteiger partial charge in [0, 0.05) is 30.1 Å². The third kappa shape index (κ3) is 6.77. The summed E-state index contributed by atoms with van der Waals surface area (Å²) in [6.45, 7) is 9.18. The van der Waals surface area contributed by atoms with E-state index < -0.39 is 5.97 Å². The number of carboxylic acids is 1. The lowest BCUT2D eigenvalue weighted by atomic mass is 10.1. The monoisotopic (exact) mass is 424 g/mol. The van der Waals surface area contributed by atoms with Gasteiger partial charge in [-0.15, -0.1) is 0 Å². The fourth-order valence-corrected chi connectivity index (χ4v) is 3.60. The molecule has 158 valence electrons. The first-order valence-electron chi connectivity index (χ1n) is 9.74. The van der Waals surface area contributed by atoms with Crippen LogP contribution in [-0.2, 0) is 18.4 Å². The summed E-state index contributed by atoms with van der Waals surface area (Å²) in [4.78, 5) is 11.3. The maximum Gasteiger partial charge on any atom is 0.408 e. The minimum absolute atomic E-state index is 0.905. The Bertz CT molecular complexity index is 996. The smallest absolute Gasteiger partial charge is 0.408 e. The van der Waals surface area contributed by atoms with Crippen LogP contribution in [0.1, 0.15) is 30.7 Å². The topological polar surface area (TPSA) is 72.0 Å². The molecule has 2 aromatic carbocycles. The van der Waals surface area contributed by atoms with Crippen molar-refractivity contribution in [1.29, 1.82) is 0 Å². The number of hydrogen-bond donors (Lipinski definition) is 0. The summed E-state index contributed by atoms with van der Waals surface area (Å²) in [5.41, 5.74) is 5.77. The third-order valence-electron chi connectivity index (χ3n) is 4.54. The number of carbonyl (C=O) groups excluding carboxylic acids is 1. The first-order valence-corrected chi connectivity index (χ1v) is 10.6. The molecule has 0 saturated carbocycles. The summed E-state index contributed by atoms with van der Waals surface area (Å²) in [6.07, 6.45) is 0. The van der Waals surface area contributed by atoms with Gasteiger partial charge in [-0.1, -0.05) is 30.3 Å². The summed E-state index contributed by atoms with van der Waals surface area (Å²) in [6, 6.07) is 17.0. The highest BCUT2D eigenvalue weighted by Gasteiger charge is 2.13. The van der Waals surface area contributed by atoms with Crippen molar-refractivity contribution in [2.75, 3.05) is 11.4 Å². The molecule has 3 rings (SSSR count). The van der Waals surface area contributed by atoms with E-state index in [2.05, 4.69) is 94.4 Å². The maximum atomic E-state index is 8.89. The lowest BCUT2D eigenvalue weighted by Crippen LogP contribution is -2.28. The molecule has 0 atom stereocenters. The Hall–Kier alpha value is -3.06. The van der Waals surface area contributed by atoms with E-state index in [4.69, 9.17) is 9.90 Å². The lowest BCUT2D eigenvalue weighted by Gasteiger charge is -2.23. The van der Waals surface area contributed by atoms with Gasteiger partial charge >= 0.3 is 5.13 Å². The highest BCUT2D eigenvalue weighted by atomic mass is 32.1. The number of aryl methyl sites for hydroxylation is 2. The number of rotatable bonds is 6. The molecule has 1 heterocycles. The van der Waals surface area contributed by atoms with Gasteiger partial charge in [0.15, 0.2) is 0 Å². The summed E-state index contributed by atoms with van der Waals surface area (Å²) in [5, 5.41) is 20.8. The van der Waals surface area contributed by atoms with Gasteiger partial charge in [0.25, 0.3) is 0 Å². The van der Waals surface area contributed by atoms with Crippen molar-refractivity contribution < 1.29 is 14.5 Å². The largest absolute Gasteiger partial charge is 0.550 e. The predicted molar refractivity (Wildman–Crippen MR) is 119 cm³/mol. The van der Waals surface area contributed by atoms with Gasteiger partial charge in [-0.3, -0.25) is 0 Å². The molecule has 0 spiro atoms. The average molecular weight is 425 g/mol. The number of nitrogens with zero attached hydrogens (tertiary/aromatic N) is 4. The number of aliphatic carboxylic acids is 1. The van der Waals surface area contributed by atoms with E-state index in [0.29, 0.717) is 0 Å². The summed E-state index contributed by atoms with van der Waals surface area (Å²) in [5.74, 6) is -1.08. The number of benzene rings is 2. The Morgan fingerprint density at radius 1 is 1.13 bits per heavy atom. The molecule has 0 aliphatic rings. The quantitative estimate of drug-likeness (QED) is 0.435. The van der Waals surface area contributed by atoms with E-state index in [0.717, 1.165) is 36.4 Å².